The third-order valence-corrected chi connectivity index (χ3v) is 6.36. The van der Waals surface area contributed by atoms with Gasteiger partial charge in [-0.05, 0) is 49.2 Å². The van der Waals surface area contributed by atoms with E-state index >= 15 is 0 Å². The Morgan fingerprint density at radius 1 is 1.06 bits per heavy atom. The van der Waals surface area contributed by atoms with Crippen molar-refractivity contribution >= 4 is 23.3 Å². The summed E-state index contributed by atoms with van der Waals surface area (Å²) in [7, 11) is 1.50. The molecular formula is C25H28F3N5O3. The van der Waals surface area contributed by atoms with E-state index in [9.17, 15) is 22.8 Å². The molecule has 1 saturated heterocycles. The highest BCUT2D eigenvalue weighted by Crippen LogP contribution is 2.30. The second kappa shape index (κ2) is 10.1. The van der Waals surface area contributed by atoms with Crippen LogP contribution < -0.4 is 15.0 Å². The summed E-state index contributed by atoms with van der Waals surface area (Å²) in [5, 5.41) is 8.52. The molecule has 2 aliphatic rings. The molecule has 2 aromatic rings. The number of carbonyl (C=O) groups excluding carboxylic acids is 2. The van der Waals surface area contributed by atoms with Gasteiger partial charge in [0.15, 0.2) is 0 Å². The number of amides is 3. The number of fused-ring (bicyclic) bond motifs is 1. The molecule has 0 radical (unpaired) electrons. The highest BCUT2D eigenvalue weighted by atomic mass is 19.4. The Labute approximate surface area is 207 Å². The first-order valence-corrected chi connectivity index (χ1v) is 11.6. The van der Waals surface area contributed by atoms with Crippen molar-refractivity contribution in [2.75, 3.05) is 38.1 Å². The molecule has 1 N–H and O–H groups in total. The standard InChI is InChI=1S/C25H28F3N5O3/c1-16-14-19-15-21(36-25(26,27)28)8-9-22(19)23(30-33(16)24(35)29-3)18-4-6-20(7-5-18)32-12-10-31(11-13-32)17(2)34/h4-9,15-16H,10-14H2,1-3H3,(H,29,35). The quantitative estimate of drug-likeness (QED) is 0.695. The van der Waals surface area contributed by atoms with E-state index in [0.29, 0.717) is 49.4 Å². The van der Waals surface area contributed by atoms with Gasteiger partial charge in [-0.1, -0.05) is 12.1 Å². The van der Waals surface area contributed by atoms with Crippen LogP contribution in [-0.2, 0) is 11.2 Å². The third kappa shape index (κ3) is 5.55. The van der Waals surface area contributed by atoms with Crippen LogP contribution in [-0.4, -0.2) is 73.2 Å². The highest BCUT2D eigenvalue weighted by Gasteiger charge is 2.32. The fraction of sp³-hybridized carbons (Fsp3) is 0.400. The van der Waals surface area contributed by atoms with Crippen molar-refractivity contribution in [1.29, 1.82) is 0 Å². The number of hydrogen-bond acceptors (Lipinski definition) is 5. The largest absolute Gasteiger partial charge is 0.573 e. The summed E-state index contributed by atoms with van der Waals surface area (Å²) in [6.07, 6.45) is -4.51. The van der Waals surface area contributed by atoms with Crippen molar-refractivity contribution in [3.8, 4) is 5.75 Å². The van der Waals surface area contributed by atoms with Crippen LogP contribution in [0.2, 0.25) is 0 Å². The molecule has 2 aliphatic heterocycles. The maximum absolute atomic E-state index is 12.8. The predicted molar refractivity (Wildman–Crippen MR) is 129 cm³/mol. The maximum Gasteiger partial charge on any atom is 0.573 e. The molecule has 3 amide bonds. The van der Waals surface area contributed by atoms with Crippen molar-refractivity contribution < 1.29 is 27.5 Å². The number of ether oxygens (including phenoxy) is 1. The molecule has 2 heterocycles. The van der Waals surface area contributed by atoms with E-state index in [4.69, 9.17) is 0 Å². The molecule has 1 fully saturated rings. The number of nitrogens with zero attached hydrogens (tertiary/aromatic N) is 4. The lowest BCUT2D eigenvalue weighted by Gasteiger charge is -2.35. The van der Waals surface area contributed by atoms with Crippen LogP contribution in [0.3, 0.4) is 0 Å². The van der Waals surface area contributed by atoms with E-state index in [-0.39, 0.29) is 11.7 Å². The van der Waals surface area contributed by atoms with Crippen LogP contribution >= 0.6 is 0 Å². The number of halogens is 3. The molecule has 8 nitrogen and oxygen atoms in total. The van der Waals surface area contributed by atoms with Crippen molar-refractivity contribution in [2.24, 2.45) is 5.10 Å². The molecule has 1 unspecified atom stereocenters. The van der Waals surface area contributed by atoms with E-state index < -0.39 is 18.4 Å². The van der Waals surface area contributed by atoms with Crippen molar-refractivity contribution in [1.82, 2.24) is 15.2 Å². The second-order valence-electron chi connectivity index (χ2n) is 8.81. The van der Waals surface area contributed by atoms with Gasteiger partial charge in [-0.25, -0.2) is 9.80 Å². The van der Waals surface area contributed by atoms with Gasteiger partial charge in [-0.2, -0.15) is 5.10 Å². The summed E-state index contributed by atoms with van der Waals surface area (Å²) in [5.74, 6) is -0.255. The zero-order valence-electron chi connectivity index (χ0n) is 20.3. The lowest BCUT2D eigenvalue weighted by atomic mass is 9.94. The van der Waals surface area contributed by atoms with Gasteiger partial charge < -0.3 is 19.9 Å². The number of benzene rings is 2. The summed E-state index contributed by atoms with van der Waals surface area (Å²) in [4.78, 5) is 28.1. The fourth-order valence-electron chi connectivity index (χ4n) is 4.52. The van der Waals surface area contributed by atoms with Crippen molar-refractivity contribution in [2.45, 2.75) is 32.7 Å². The fourth-order valence-corrected chi connectivity index (χ4v) is 4.52. The first-order valence-electron chi connectivity index (χ1n) is 11.6. The molecule has 0 saturated carbocycles. The molecule has 4 rings (SSSR count). The second-order valence-corrected chi connectivity index (χ2v) is 8.81. The molecule has 11 heteroatoms. The van der Waals surface area contributed by atoms with E-state index in [0.717, 1.165) is 11.3 Å². The molecule has 0 aliphatic carbocycles. The van der Waals surface area contributed by atoms with Gasteiger partial charge in [-0.3, -0.25) is 4.79 Å². The van der Waals surface area contributed by atoms with E-state index in [2.05, 4.69) is 20.1 Å². The first kappa shape index (κ1) is 25.3. The van der Waals surface area contributed by atoms with Crippen LogP contribution in [0.1, 0.15) is 30.5 Å². The Balaban J connectivity index is 1.67. The van der Waals surface area contributed by atoms with Crippen LogP contribution in [0.25, 0.3) is 0 Å². The van der Waals surface area contributed by atoms with E-state index in [1.807, 2.05) is 29.2 Å². The number of alkyl halides is 3. The zero-order chi connectivity index (χ0) is 26.0. The average Bonchev–Trinajstić information content (AvgIpc) is 2.98. The smallest absolute Gasteiger partial charge is 0.406 e. The molecule has 0 aromatic heterocycles. The molecule has 2 aromatic carbocycles. The molecule has 192 valence electrons. The number of rotatable bonds is 3. The Bertz CT molecular complexity index is 1160. The Morgan fingerprint density at radius 3 is 2.31 bits per heavy atom. The molecular weight excluding hydrogens is 475 g/mol. The Hall–Kier alpha value is -3.76. The van der Waals surface area contributed by atoms with E-state index in [1.54, 1.807) is 19.9 Å². The molecule has 1 atom stereocenters. The lowest BCUT2D eigenvalue weighted by Crippen LogP contribution is -2.48. The maximum atomic E-state index is 12.8. The minimum absolute atomic E-state index is 0.0636. The van der Waals surface area contributed by atoms with E-state index in [1.165, 1.54) is 24.2 Å². The number of hydrazone groups is 1. The van der Waals surface area contributed by atoms with Crippen LogP contribution in [0.15, 0.2) is 47.6 Å². The number of piperazine rings is 1. The lowest BCUT2D eigenvalue weighted by molar-refractivity contribution is -0.274. The van der Waals surface area contributed by atoms with Gasteiger partial charge in [-0.15, -0.1) is 13.2 Å². The number of carbonyl (C=O) groups is 2. The summed E-state index contributed by atoms with van der Waals surface area (Å²) in [6, 6.07) is 11.0. The number of anilines is 1. The SMILES string of the molecule is CNC(=O)N1N=C(c2ccc(N3CCN(C(C)=O)CC3)cc2)c2ccc(OC(F)(F)F)cc2CC1C. The van der Waals surface area contributed by atoms with Gasteiger partial charge in [0.25, 0.3) is 0 Å². The van der Waals surface area contributed by atoms with Crippen LogP contribution in [0, 0.1) is 0 Å². The summed E-state index contributed by atoms with van der Waals surface area (Å²) >= 11 is 0. The van der Waals surface area contributed by atoms with Crippen molar-refractivity contribution in [3.63, 3.8) is 0 Å². The Kier molecular flexibility index (Phi) is 7.09. The van der Waals surface area contributed by atoms with Gasteiger partial charge in [0.1, 0.15) is 5.75 Å². The van der Waals surface area contributed by atoms with Gasteiger partial charge >= 0.3 is 12.4 Å². The van der Waals surface area contributed by atoms with Crippen LogP contribution in [0.5, 0.6) is 5.75 Å². The Morgan fingerprint density at radius 2 is 1.72 bits per heavy atom. The summed E-state index contributed by atoms with van der Waals surface area (Å²) < 4.78 is 42.5. The number of urea groups is 1. The van der Waals surface area contributed by atoms with Gasteiger partial charge in [0.05, 0.1) is 11.8 Å². The zero-order valence-corrected chi connectivity index (χ0v) is 20.3. The average molecular weight is 504 g/mol. The topological polar surface area (TPSA) is 77.5 Å². The molecule has 0 bridgehead atoms. The highest BCUT2D eigenvalue weighted by molar-refractivity contribution is 6.14. The van der Waals surface area contributed by atoms with Gasteiger partial charge in [0, 0.05) is 57.0 Å². The summed E-state index contributed by atoms with van der Waals surface area (Å²) in [6.45, 7) is 6.08. The monoisotopic (exact) mass is 503 g/mol. The van der Waals surface area contributed by atoms with Crippen molar-refractivity contribution in [3.05, 3.63) is 59.2 Å². The molecule has 0 spiro atoms. The van der Waals surface area contributed by atoms with Gasteiger partial charge in [0.2, 0.25) is 5.91 Å². The van der Waals surface area contributed by atoms with Crippen LogP contribution in [0.4, 0.5) is 23.7 Å². The normalized spacial score (nSPS) is 18.2. The minimum Gasteiger partial charge on any atom is -0.406 e. The number of nitrogens with one attached hydrogen (secondary N) is 1. The number of hydrogen-bond donors (Lipinski definition) is 1. The predicted octanol–water partition coefficient (Wildman–Crippen LogP) is 3.59. The third-order valence-electron chi connectivity index (χ3n) is 6.36. The minimum atomic E-state index is -4.80. The summed E-state index contributed by atoms with van der Waals surface area (Å²) in [5.41, 5.74) is 3.41. The first-order chi connectivity index (χ1) is 17.1. The molecule has 36 heavy (non-hydrogen) atoms.